The summed E-state index contributed by atoms with van der Waals surface area (Å²) in [5, 5.41) is 0. The van der Waals surface area contributed by atoms with Gasteiger partial charge < -0.3 is 10.5 Å². The number of para-hydroxylation sites is 1. The first-order chi connectivity index (χ1) is 8.99. The van der Waals surface area contributed by atoms with E-state index < -0.39 is 15.6 Å². The molecule has 1 aromatic rings. The van der Waals surface area contributed by atoms with Crippen molar-refractivity contribution in [3.63, 3.8) is 0 Å². The summed E-state index contributed by atoms with van der Waals surface area (Å²) in [6.45, 7) is 0. The van der Waals surface area contributed by atoms with E-state index in [-0.39, 0.29) is 10.6 Å². The van der Waals surface area contributed by atoms with Crippen molar-refractivity contribution in [2.45, 2.75) is 42.5 Å². The fraction of sp³-hybridized carbons (Fsp3) is 0.462. The SMILES string of the molecule is Nc1ccccc1S(=O)(=O)NC1(C=O)CCCCC1. The van der Waals surface area contributed by atoms with Gasteiger partial charge >= 0.3 is 0 Å². The Kier molecular flexibility index (Phi) is 3.91. The van der Waals surface area contributed by atoms with Crippen LogP contribution in [0.4, 0.5) is 5.69 Å². The molecular weight excluding hydrogens is 264 g/mol. The number of rotatable bonds is 4. The van der Waals surface area contributed by atoms with E-state index in [1.165, 1.54) is 12.1 Å². The predicted molar refractivity (Wildman–Crippen MR) is 73.1 cm³/mol. The standard InChI is InChI=1S/C13H18N2O3S/c14-11-6-2-3-7-12(11)19(17,18)15-13(10-16)8-4-1-5-9-13/h2-3,6-7,10,15H,1,4-5,8-9,14H2. The number of anilines is 1. The zero-order valence-corrected chi connectivity index (χ0v) is 11.4. The van der Waals surface area contributed by atoms with Crippen LogP contribution < -0.4 is 10.5 Å². The first kappa shape index (κ1) is 14.0. The number of carbonyl (C=O) groups excluding carboxylic acids is 1. The van der Waals surface area contributed by atoms with Gasteiger partial charge in [0.1, 0.15) is 11.2 Å². The molecule has 5 nitrogen and oxygen atoms in total. The summed E-state index contributed by atoms with van der Waals surface area (Å²) < 4.78 is 27.2. The van der Waals surface area contributed by atoms with Crippen LogP contribution in [0.2, 0.25) is 0 Å². The van der Waals surface area contributed by atoms with Gasteiger partial charge in [0.2, 0.25) is 10.0 Å². The molecule has 0 amide bonds. The van der Waals surface area contributed by atoms with E-state index in [4.69, 9.17) is 5.73 Å². The molecule has 1 aliphatic carbocycles. The molecule has 1 aliphatic rings. The van der Waals surface area contributed by atoms with Crippen LogP contribution in [0.1, 0.15) is 32.1 Å². The molecule has 2 rings (SSSR count). The Hall–Kier alpha value is -1.40. The van der Waals surface area contributed by atoms with Crippen molar-refractivity contribution in [2.24, 2.45) is 0 Å². The third kappa shape index (κ3) is 2.96. The first-order valence-electron chi connectivity index (χ1n) is 6.34. The van der Waals surface area contributed by atoms with Gasteiger partial charge in [-0.15, -0.1) is 0 Å². The first-order valence-corrected chi connectivity index (χ1v) is 7.82. The van der Waals surface area contributed by atoms with E-state index in [0.717, 1.165) is 25.5 Å². The van der Waals surface area contributed by atoms with Crippen molar-refractivity contribution >= 4 is 22.0 Å². The lowest BCUT2D eigenvalue weighted by atomic mass is 9.84. The second-order valence-electron chi connectivity index (χ2n) is 4.98. The molecule has 3 N–H and O–H groups in total. The number of carbonyl (C=O) groups is 1. The van der Waals surface area contributed by atoms with Crippen LogP contribution in [-0.4, -0.2) is 20.2 Å². The average Bonchev–Trinajstić information content (AvgIpc) is 2.39. The molecule has 104 valence electrons. The summed E-state index contributed by atoms with van der Waals surface area (Å²) in [5.74, 6) is 0. The molecule has 0 radical (unpaired) electrons. The number of nitrogens with one attached hydrogen (secondary N) is 1. The molecular formula is C13H18N2O3S. The Morgan fingerprint density at radius 1 is 1.16 bits per heavy atom. The van der Waals surface area contributed by atoms with E-state index in [1.54, 1.807) is 12.1 Å². The van der Waals surface area contributed by atoms with Gasteiger partial charge in [-0.2, -0.15) is 4.72 Å². The maximum absolute atomic E-state index is 12.3. The highest BCUT2D eigenvalue weighted by atomic mass is 32.2. The van der Waals surface area contributed by atoms with Gasteiger partial charge in [-0.3, -0.25) is 0 Å². The van der Waals surface area contributed by atoms with Crippen molar-refractivity contribution in [2.75, 3.05) is 5.73 Å². The number of aldehydes is 1. The highest BCUT2D eigenvalue weighted by molar-refractivity contribution is 7.89. The quantitative estimate of drug-likeness (QED) is 0.646. The number of nitrogen functional groups attached to an aromatic ring is 1. The van der Waals surface area contributed by atoms with E-state index in [9.17, 15) is 13.2 Å². The van der Waals surface area contributed by atoms with Crippen LogP contribution in [0.3, 0.4) is 0 Å². The molecule has 19 heavy (non-hydrogen) atoms. The summed E-state index contributed by atoms with van der Waals surface area (Å²) in [4.78, 5) is 11.3. The molecule has 6 heteroatoms. The van der Waals surface area contributed by atoms with Gasteiger partial charge in [-0.1, -0.05) is 31.4 Å². The molecule has 0 atom stereocenters. The summed E-state index contributed by atoms with van der Waals surface area (Å²) in [5.41, 5.74) is 4.90. The zero-order valence-electron chi connectivity index (χ0n) is 10.6. The van der Waals surface area contributed by atoms with Crippen LogP contribution in [-0.2, 0) is 14.8 Å². The lowest BCUT2D eigenvalue weighted by molar-refractivity contribution is -0.113. The summed E-state index contributed by atoms with van der Waals surface area (Å²) >= 11 is 0. The lowest BCUT2D eigenvalue weighted by Gasteiger charge is -2.32. The number of benzene rings is 1. The van der Waals surface area contributed by atoms with Gasteiger partial charge in [0.25, 0.3) is 0 Å². The smallest absolute Gasteiger partial charge is 0.243 e. The predicted octanol–water partition coefficient (Wildman–Crippen LogP) is 1.45. The van der Waals surface area contributed by atoms with Gasteiger partial charge in [0.05, 0.1) is 11.2 Å². The Balaban J connectivity index is 2.30. The van der Waals surface area contributed by atoms with E-state index in [1.807, 2.05) is 0 Å². The normalized spacial score (nSPS) is 18.9. The van der Waals surface area contributed by atoms with Gasteiger partial charge in [0, 0.05) is 0 Å². The highest BCUT2D eigenvalue weighted by Gasteiger charge is 2.36. The Morgan fingerprint density at radius 2 is 1.79 bits per heavy atom. The molecule has 0 aliphatic heterocycles. The van der Waals surface area contributed by atoms with Crippen molar-refractivity contribution < 1.29 is 13.2 Å². The Bertz CT molecular complexity index is 563. The summed E-state index contributed by atoms with van der Waals surface area (Å²) in [6, 6.07) is 6.26. The third-order valence-corrected chi connectivity index (χ3v) is 5.14. The van der Waals surface area contributed by atoms with Crippen LogP contribution in [0.15, 0.2) is 29.2 Å². The minimum absolute atomic E-state index is 0.0294. The van der Waals surface area contributed by atoms with Crippen LogP contribution in [0.25, 0.3) is 0 Å². The second-order valence-corrected chi connectivity index (χ2v) is 6.63. The van der Waals surface area contributed by atoms with Crippen molar-refractivity contribution in [1.29, 1.82) is 0 Å². The van der Waals surface area contributed by atoms with E-state index >= 15 is 0 Å². The number of sulfonamides is 1. The molecule has 1 saturated carbocycles. The third-order valence-electron chi connectivity index (χ3n) is 3.52. The van der Waals surface area contributed by atoms with Crippen LogP contribution in [0.5, 0.6) is 0 Å². The fourth-order valence-electron chi connectivity index (χ4n) is 2.47. The lowest BCUT2D eigenvalue weighted by Crippen LogP contribution is -2.51. The molecule has 1 fully saturated rings. The largest absolute Gasteiger partial charge is 0.398 e. The topological polar surface area (TPSA) is 89.3 Å². The summed E-state index contributed by atoms with van der Waals surface area (Å²) in [6.07, 6.45) is 4.55. The molecule has 0 bridgehead atoms. The maximum Gasteiger partial charge on any atom is 0.243 e. The average molecular weight is 282 g/mol. The number of hydrogen-bond acceptors (Lipinski definition) is 4. The molecule has 0 aromatic heterocycles. The number of hydrogen-bond donors (Lipinski definition) is 2. The van der Waals surface area contributed by atoms with Crippen LogP contribution >= 0.6 is 0 Å². The maximum atomic E-state index is 12.3. The fourth-order valence-corrected chi connectivity index (χ4v) is 4.01. The van der Waals surface area contributed by atoms with E-state index in [0.29, 0.717) is 12.8 Å². The Labute approximate surface area is 113 Å². The minimum atomic E-state index is -3.77. The van der Waals surface area contributed by atoms with E-state index in [2.05, 4.69) is 4.72 Å². The van der Waals surface area contributed by atoms with Gasteiger partial charge in [-0.25, -0.2) is 8.42 Å². The highest BCUT2D eigenvalue weighted by Crippen LogP contribution is 2.29. The Morgan fingerprint density at radius 3 is 2.37 bits per heavy atom. The second kappa shape index (κ2) is 5.30. The molecule has 1 aromatic carbocycles. The van der Waals surface area contributed by atoms with Crippen molar-refractivity contribution in [1.82, 2.24) is 4.72 Å². The zero-order chi connectivity index (χ0) is 13.9. The van der Waals surface area contributed by atoms with Gasteiger partial charge in [-0.05, 0) is 25.0 Å². The molecule has 0 unspecified atom stereocenters. The van der Waals surface area contributed by atoms with Crippen molar-refractivity contribution in [3.8, 4) is 0 Å². The van der Waals surface area contributed by atoms with Crippen LogP contribution in [0, 0.1) is 0 Å². The minimum Gasteiger partial charge on any atom is -0.398 e. The molecule has 0 saturated heterocycles. The monoisotopic (exact) mass is 282 g/mol. The molecule has 0 spiro atoms. The summed E-state index contributed by atoms with van der Waals surface area (Å²) in [7, 11) is -3.77. The molecule has 0 heterocycles. The van der Waals surface area contributed by atoms with Crippen molar-refractivity contribution in [3.05, 3.63) is 24.3 Å². The number of nitrogens with two attached hydrogens (primary N) is 1. The van der Waals surface area contributed by atoms with Gasteiger partial charge in [0.15, 0.2) is 0 Å².